The van der Waals surface area contributed by atoms with E-state index >= 15 is 0 Å². The van der Waals surface area contributed by atoms with E-state index in [4.69, 9.17) is 9.44 Å². The normalized spacial score (nSPS) is 12.7. The molecule has 1 unspecified atom stereocenters. The SMILES string of the molecule is CC(CSc1ccc(COO)cc1)OS. The van der Waals surface area contributed by atoms with Gasteiger partial charge in [0.25, 0.3) is 0 Å². The monoisotopic (exact) mass is 246 g/mol. The molecule has 0 heterocycles. The highest BCUT2D eigenvalue weighted by Crippen LogP contribution is 2.20. The zero-order valence-electron chi connectivity index (χ0n) is 8.42. The van der Waals surface area contributed by atoms with Crippen LogP contribution in [-0.2, 0) is 15.7 Å². The van der Waals surface area contributed by atoms with E-state index in [2.05, 4.69) is 17.8 Å². The summed E-state index contributed by atoms with van der Waals surface area (Å²) in [5.74, 6) is 0.860. The molecule has 3 nitrogen and oxygen atoms in total. The number of rotatable bonds is 6. The minimum absolute atomic E-state index is 0.124. The molecule has 1 rings (SSSR count). The van der Waals surface area contributed by atoms with Gasteiger partial charge in [-0.2, -0.15) is 0 Å². The van der Waals surface area contributed by atoms with Crippen LogP contribution in [0.15, 0.2) is 29.2 Å². The van der Waals surface area contributed by atoms with Crippen LogP contribution in [0.5, 0.6) is 0 Å². The van der Waals surface area contributed by atoms with Gasteiger partial charge >= 0.3 is 0 Å². The van der Waals surface area contributed by atoms with Crippen molar-refractivity contribution in [3.63, 3.8) is 0 Å². The van der Waals surface area contributed by atoms with Crippen molar-refractivity contribution in [3.8, 4) is 0 Å². The molecule has 0 aliphatic rings. The molecule has 84 valence electrons. The Morgan fingerprint density at radius 3 is 2.60 bits per heavy atom. The lowest BCUT2D eigenvalue weighted by atomic mass is 10.2. The summed E-state index contributed by atoms with van der Waals surface area (Å²) in [4.78, 5) is 5.21. The van der Waals surface area contributed by atoms with Crippen molar-refractivity contribution in [1.29, 1.82) is 0 Å². The quantitative estimate of drug-likeness (QED) is 0.266. The molecule has 0 radical (unpaired) electrons. The number of hydrogen-bond acceptors (Lipinski definition) is 5. The van der Waals surface area contributed by atoms with Crippen LogP contribution in [0.25, 0.3) is 0 Å². The molecule has 1 aromatic rings. The average Bonchev–Trinajstić information content (AvgIpc) is 2.28. The molecule has 0 fully saturated rings. The molecule has 0 bridgehead atoms. The summed E-state index contributed by atoms with van der Waals surface area (Å²) < 4.78 is 4.85. The van der Waals surface area contributed by atoms with Crippen molar-refractivity contribution >= 4 is 24.7 Å². The van der Waals surface area contributed by atoms with Crippen LogP contribution in [0.4, 0.5) is 0 Å². The van der Waals surface area contributed by atoms with Gasteiger partial charge in [0.2, 0.25) is 0 Å². The molecule has 5 heteroatoms. The smallest absolute Gasteiger partial charge is 0.107 e. The van der Waals surface area contributed by atoms with E-state index in [9.17, 15) is 0 Å². The lowest BCUT2D eigenvalue weighted by molar-refractivity contribution is -0.253. The Labute approximate surface area is 99.3 Å². The van der Waals surface area contributed by atoms with Crippen molar-refractivity contribution in [2.75, 3.05) is 5.75 Å². The maximum Gasteiger partial charge on any atom is 0.107 e. The highest BCUT2D eigenvalue weighted by molar-refractivity contribution is 7.99. The van der Waals surface area contributed by atoms with E-state index in [-0.39, 0.29) is 12.7 Å². The largest absolute Gasteiger partial charge is 0.315 e. The molecule has 0 saturated heterocycles. The van der Waals surface area contributed by atoms with Crippen LogP contribution in [0, 0.1) is 0 Å². The Balaban J connectivity index is 2.42. The molecule has 15 heavy (non-hydrogen) atoms. The van der Waals surface area contributed by atoms with E-state index in [1.165, 1.54) is 0 Å². The molecular formula is C10H14O3S2. The van der Waals surface area contributed by atoms with E-state index in [0.29, 0.717) is 0 Å². The van der Waals surface area contributed by atoms with Gasteiger partial charge in [0.1, 0.15) is 6.61 Å². The Morgan fingerprint density at radius 1 is 1.40 bits per heavy atom. The van der Waals surface area contributed by atoms with Crippen LogP contribution in [0.3, 0.4) is 0 Å². The molecule has 0 aromatic heterocycles. The third-order valence-electron chi connectivity index (χ3n) is 1.82. The summed E-state index contributed by atoms with van der Waals surface area (Å²) in [5.41, 5.74) is 0.945. The summed E-state index contributed by atoms with van der Waals surface area (Å²) in [6.07, 6.45) is 0.124. The Bertz CT molecular complexity index is 277. The molecule has 1 atom stereocenters. The van der Waals surface area contributed by atoms with Crippen molar-refractivity contribution in [2.24, 2.45) is 0 Å². The van der Waals surface area contributed by atoms with Gasteiger partial charge in [0.05, 0.1) is 6.10 Å². The Hall–Kier alpha value is -0.200. The highest BCUT2D eigenvalue weighted by Gasteiger charge is 2.01. The summed E-state index contributed by atoms with van der Waals surface area (Å²) >= 11 is 5.45. The van der Waals surface area contributed by atoms with Crippen LogP contribution in [-0.4, -0.2) is 17.1 Å². The first-order valence-corrected chi connectivity index (χ1v) is 5.89. The zero-order valence-corrected chi connectivity index (χ0v) is 10.1. The predicted molar refractivity (Wildman–Crippen MR) is 64.1 cm³/mol. The molecular weight excluding hydrogens is 232 g/mol. The average molecular weight is 246 g/mol. The predicted octanol–water partition coefficient (Wildman–Crippen LogP) is 3.02. The van der Waals surface area contributed by atoms with E-state index in [0.717, 1.165) is 16.2 Å². The van der Waals surface area contributed by atoms with Gasteiger partial charge in [-0.15, -0.1) is 11.8 Å². The minimum Gasteiger partial charge on any atom is -0.315 e. The maximum atomic E-state index is 8.27. The first kappa shape index (κ1) is 12.9. The lowest BCUT2D eigenvalue weighted by Gasteiger charge is -2.07. The van der Waals surface area contributed by atoms with Crippen molar-refractivity contribution < 1.29 is 14.3 Å². The maximum absolute atomic E-state index is 8.27. The van der Waals surface area contributed by atoms with Crippen LogP contribution in [0.2, 0.25) is 0 Å². The first-order chi connectivity index (χ1) is 7.26. The molecule has 1 N–H and O–H groups in total. The van der Waals surface area contributed by atoms with Crippen molar-refractivity contribution in [2.45, 2.75) is 24.5 Å². The second-order valence-corrected chi connectivity index (χ2v) is 4.45. The van der Waals surface area contributed by atoms with Crippen LogP contribution < -0.4 is 0 Å². The van der Waals surface area contributed by atoms with E-state index < -0.39 is 0 Å². The fourth-order valence-corrected chi connectivity index (χ4v) is 2.00. The second kappa shape index (κ2) is 7.14. The van der Waals surface area contributed by atoms with Gasteiger partial charge in [-0.25, -0.2) is 4.89 Å². The highest BCUT2D eigenvalue weighted by atomic mass is 32.2. The Morgan fingerprint density at radius 2 is 2.07 bits per heavy atom. The van der Waals surface area contributed by atoms with Crippen molar-refractivity contribution in [3.05, 3.63) is 29.8 Å². The first-order valence-electron chi connectivity index (χ1n) is 4.54. The summed E-state index contributed by atoms with van der Waals surface area (Å²) in [7, 11) is 0. The van der Waals surface area contributed by atoms with Crippen LogP contribution >= 0.6 is 24.7 Å². The molecule has 0 amide bonds. The number of benzene rings is 1. The number of hydrogen-bond donors (Lipinski definition) is 2. The Kier molecular flexibility index (Phi) is 6.12. The molecule has 1 aromatic carbocycles. The van der Waals surface area contributed by atoms with Gasteiger partial charge in [-0.05, 0) is 37.5 Å². The second-order valence-electron chi connectivity index (χ2n) is 3.14. The molecule has 0 aliphatic carbocycles. The third kappa shape index (κ3) is 4.90. The van der Waals surface area contributed by atoms with Gasteiger partial charge in [-0.1, -0.05) is 12.1 Å². The van der Waals surface area contributed by atoms with Crippen molar-refractivity contribution in [1.82, 2.24) is 0 Å². The van der Waals surface area contributed by atoms with Gasteiger partial charge in [0, 0.05) is 10.6 Å². The topological polar surface area (TPSA) is 38.7 Å². The molecule has 0 aliphatic heterocycles. The lowest BCUT2D eigenvalue weighted by Crippen LogP contribution is -2.04. The standard InChI is InChI=1S/C10H14O3S2/c1-8(13-14)7-15-10-4-2-9(3-5-10)6-12-11/h2-5,8,11,14H,6-7H2,1H3. The van der Waals surface area contributed by atoms with E-state index in [1.54, 1.807) is 11.8 Å². The van der Waals surface area contributed by atoms with Gasteiger partial charge in [-0.3, -0.25) is 5.26 Å². The van der Waals surface area contributed by atoms with Gasteiger partial charge < -0.3 is 4.18 Å². The number of thioether (sulfide) groups is 1. The fraction of sp³-hybridized carbons (Fsp3) is 0.400. The fourth-order valence-electron chi connectivity index (χ4n) is 1.00. The third-order valence-corrected chi connectivity index (χ3v) is 3.42. The summed E-state index contributed by atoms with van der Waals surface area (Å²) in [5, 5.41) is 8.27. The summed E-state index contributed by atoms with van der Waals surface area (Å²) in [6, 6.07) is 7.82. The zero-order chi connectivity index (χ0) is 11.1. The number of thiol groups is 1. The summed E-state index contributed by atoms with van der Waals surface area (Å²) in [6.45, 7) is 2.19. The van der Waals surface area contributed by atoms with Gasteiger partial charge in [0.15, 0.2) is 0 Å². The van der Waals surface area contributed by atoms with E-state index in [1.807, 2.05) is 31.2 Å². The minimum atomic E-state index is 0.124. The molecule has 0 spiro atoms. The molecule has 0 saturated carbocycles. The van der Waals surface area contributed by atoms with Crippen LogP contribution in [0.1, 0.15) is 12.5 Å².